The Morgan fingerprint density at radius 3 is 1.90 bits per heavy atom. The van der Waals surface area contributed by atoms with Gasteiger partial charge in [-0.05, 0) is 61.4 Å². The highest BCUT2D eigenvalue weighted by atomic mass is 35.5. The van der Waals surface area contributed by atoms with Gasteiger partial charge in [0.2, 0.25) is 0 Å². The van der Waals surface area contributed by atoms with Gasteiger partial charge in [0, 0.05) is 48.6 Å². The van der Waals surface area contributed by atoms with Crippen molar-refractivity contribution in [2.75, 3.05) is 37.0 Å². The van der Waals surface area contributed by atoms with E-state index in [1.165, 1.54) is 0 Å². The van der Waals surface area contributed by atoms with Crippen LogP contribution in [0.5, 0.6) is 0 Å². The van der Waals surface area contributed by atoms with Gasteiger partial charge in [-0.3, -0.25) is 9.98 Å². The Hall–Kier alpha value is -2.44. The van der Waals surface area contributed by atoms with Crippen molar-refractivity contribution < 1.29 is 0 Å². The van der Waals surface area contributed by atoms with Crippen molar-refractivity contribution in [3.05, 3.63) is 58.6 Å². The number of unbranched alkanes of at least 4 members (excludes halogenated alkanes) is 3. The number of aliphatic imine (C=N–C) groups is 2. The van der Waals surface area contributed by atoms with E-state index in [1.54, 1.807) is 7.05 Å². The van der Waals surface area contributed by atoms with Gasteiger partial charge in [-0.1, -0.05) is 36.0 Å². The molecule has 2 aromatic rings. The number of hydrogen-bond donors (Lipinski definition) is 2. The fourth-order valence-electron chi connectivity index (χ4n) is 2.95. The zero-order valence-corrected chi connectivity index (χ0v) is 19.1. The fraction of sp³-hybridized carbons (Fsp3) is 0.364. The molecule has 8 heteroatoms. The number of halogens is 2. The summed E-state index contributed by atoms with van der Waals surface area (Å²) in [6.07, 6.45) is 4.12. The van der Waals surface area contributed by atoms with Gasteiger partial charge in [0.25, 0.3) is 0 Å². The Morgan fingerprint density at radius 2 is 1.33 bits per heavy atom. The summed E-state index contributed by atoms with van der Waals surface area (Å²) in [4.78, 5) is 12.5. The molecule has 0 heterocycles. The van der Waals surface area contributed by atoms with E-state index in [-0.39, 0.29) is 0 Å². The predicted octanol–water partition coefficient (Wildman–Crippen LogP) is 4.76. The quantitative estimate of drug-likeness (QED) is 0.329. The first-order valence-corrected chi connectivity index (χ1v) is 10.7. The van der Waals surface area contributed by atoms with E-state index in [1.807, 2.05) is 65.4 Å². The zero-order chi connectivity index (χ0) is 21.9. The summed E-state index contributed by atoms with van der Waals surface area (Å²) in [7, 11) is 3.59. The van der Waals surface area contributed by atoms with Crippen LogP contribution in [0.3, 0.4) is 0 Å². The minimum atomic E-state index is 0.498. The van der Waals surface area contributed by atoms with Gasteiger partial charge in [-0.15, -0.1) is 0 Å². The maximum absolute atomic E-state index is 6.09. The number of guanidine groups is 2. The van der Waals surface area contributed by atoms with Gasteiger partial charge >= 0.3 is 0 Å². The lowest BCUT2D eigenvalue weighted by molar-refractivity contribution is 0.650. The monoisotopic (exact) mass is 448 g/mol. The van der Waals surface area contributed by atoms with E-state index in [0.717, 1.165) is 43.6 Å². The third kappa shape index (κ3) is 7.43. The van der Waals surface area contributed by atoms with Gasteiger partial charge in [0.15, 0.2) is 11.9 Å². The molecule has 0 aliphatic carbocycles. The van der Waals surface area contributed by atoms with Gasteiger partial charge in [0.05, 0.1) is 0 Å². The summed E-state index contributed by atoms with van der Waals surface area (Å²) in [6, 6.07) is 15.1. The lowest BCUT2D eigenvalue weighted by Gasteiger charge is -2.23. The van der Waals surface area contributed by atoms with Crippen molar-refractivity contribution in [2.45, 2.75) is 25.7 Å². The van der Waals surface area contributed by atoms with Crippen molar-refractivity contribution in [2.24, 2.45) is 21.5 Å². The Labute approximate surface area is 189 Å². The van der Waals surface area contributed by atoms with Crippen LogP contribution in [-0.2, 0) is 0 Å². The number of hydrogen-bond acceptors (Lipinski definition) is 2. The maximum atomic E-state index is 6.09. The molecular weight excluding hydrogens is 419 g/mol. The minimum Gasteiger partial charge on any atom is -0.370 e. The lowest BCUT2D eigenvalue weighted by atomic mass is 10.2. The molecule has 6 nitrogen and oxygen atoms in total. The van der Waals surface area contributed by atoms with Crippen molar-refractivity contribution in [3.8, 4) is 0 Å². The number of nitrogens with zero attached hydrogens (tertiary/aromatic N) is 4. The molecule has 0 atom stereocenters. The smallest absolute Gasteiger partial charge is 0.195 e. The fourth-order valence-corrected chi connectivity index (χ4v) is 3.20. The Kier molecular flexibility index (Phi) is 9.77. The molecule has 0 bridgehead atoms. The zero-order valence-electron chi connectivity index (χ0n) is 17.6. The van der Waals surface area contributed by atoms with Crippen molar-refractivity contribution in [3.63, 3.8) is 0 Å². The van der Waals surface area contributed by atoms with Crippen LogP contribution in [0.1, 0.15) is 25.7 Å². The summed E-state index contributed by atoms with van der Waals surface area (Å²) < 4.78 is 0. The van der Waals surface area contributed by atoms with Gasteiger partial charge in [0.1, 0.15) is 0 Å². The highest BCUT2D eigenvalue weighted by molar-refractivity contribution is 6.31. The molecule has 4 N–H and O–H groups in total. The highest BCUT2D eigenvalue weighted by Crippen LogP contribution is 2.19. The Balaban J connectivity index is 1.74. The second-order valence-corrected chi connectivity index (χ2v) is 7.77. The van der Waals surface area contributed by atoms with E-state index in [0.29, 0.717) is 28.5 Å². The predicted molar refractivity (Wildman–Crippen MR) is 131 cm³/mol. The number of nitrogens with two attached hydrogens (primary N) is 2. The first-order chi connectivity index (χ1) is 14.4. The van der Waals surface area contributed by atoms with Crippen molar-refractivity contribution >= 4 is 46.5 Å². The molecule has 0 radical (unpaired) electrons. The second-order valence-electron chi connectivity index (χ2n) is 6.90. The Morgan fingerprint density at radius 1 is 0.800 bits per heavy atom. The van der Waals surface area contributed by atoms with Crippen molar-refractivity contribution in [1.29, 1.82) is 0 Å². The third-order valence-electron chi connectivity index (χ3n) is 4.77. The molecule has 2 aromatic carbocycles. The molecular formula is C22H30Cl2N6. The van der Waals surface area contributed by atoms with E-state index in [4.69, 9.17) is 34.7 Å². The SMILES string of the molecule is CN=C(N)N(CCCCCCN=C(N)N(C)c1ccc(Cl)cc1)c1ccc(Cl)cc1. The van der Waals surface area contributed by atoms with Crippen molar-refractivity contribution in [1.82, 2.24) is 0 Å². The molecule has 0 unspecified atom stereocenters. The molecule has 0 aromatic heterocycles. The lowest BCUT2D eigenvalue weighted by Crippen LogP contribution is -2.38. The summed E-state index contributed by atoms with van der Waals surface area (Å²) in [5.74, 6) is 0.998. The molecule has 0 aliphatic heterocycles. The van der Waals surface area contributed by atoms with E-state index < -0.39 is 0 Å². The first-order valence-electron chi connectivity index (χ1n) is 9.97. The number of rotatable bonds is 9. The van der Waals surface area contributed by atoms with Crippen LogP contribution in [0.2, 0.25) is 10.0 Å². The van der Waals surface area contributed by atoms with E-state index in [9.17, 15) is 0 Å². The van der Waals surface area contributed by atoms with Gasteiger partial charge in [-0.2, -0.15) is 0 Å². The van der Waals surface area contributed by atoms with Gasteiger partial charge < -0.3 is 21.3 Å². The molecule has 0 spiro atoms. The topological polar surface area (TPSA) is 83.2 Å². The van der Waals surface area contributed by atoms with Crippen LogP contribution < -0.4 is 21.3 Å². The normalized spacial score (nSPS) is 12.1. The Bertz CT molecular complexity index is 834. The summed E-state index contributed by atoms with van der Waals surface area (Å²) in [6.45, 7) is 1.50. The van der Waals surface area contributed by atoms with E-state index in [2.05, 4.69) is 9.98 Å². The molecule has 0 saturated carbocycles. The first kappa shape index (κ1) is 23.8. The molecule has 0 saturated heterocycles. The summed E-state index contributed by atoms with van der Waals surface area (Å²) >= 11 is 11.9. The standard InChI is InChI=1S/C22H30Cl2N6/c1-27-21(25)30(20-13-9-18(24)10-14-20)16-6-4-3-5-15-28-22(26)29(2)19-11-7-17(23)8-12-19/h7-14H,3-6,15-16H2,1-2H3,(H2,25,27)(H2,26,28). The maximum Gasteiger partial charge on any atom is 0.195 e. The van der Waals surface area contributed by atoms with Gasteiger partial charge in [-0.25, -0.2) is 0 Å². The van der Waals surface area contributed by atoms with Crippen LogP contribution >= 0.6 is 23.2 Å². The van der Waals surface area contributed by atoms with Crippen LogP contribution in [0.25, 0.3) is 0 Å². The molecule has 0 fully saturated rings. The minimum absolute atomic E-state index is 0.498. The van der Waals surface area contributed by atoms with E-state index >= 15 is 0 Å². The molecule has 0 amide bonds. The average molecular weight is 449 g/mol. The second kappa shape index (κ2) is 12.3. The largest absolute Gasteiger partial charge is 0.370 e. The molecule has 2 rings (SSSR count). The molecule has 0 aliphatic rings. The van der Waals surface area contributed by atoms with Crippen LogP contribution in [0.15, 0.2) is 58.5 Å². The summed E-state index contributed by atoms with van der Waals surface area (Å²) in [5, 5.41) is 1.40. The van der Waals surface area contributed by atoms with Crippen LogP contribution in [0.4, 0.5) is 11.4 Å². The number of benzene rings is 2. The summed E-state index contributed by atoms with van der Waals surface area (Å²) in [5.41, 5.74) is 14.1. The van der Waals surface area contributed by atoms with Crippen LogP contribution in [-0.4, -0.2) is 39.1 Å². The number of anilines is 2. The highest BCUT2D eigenvalue weighted by Gasteiger charge is 2.10. The van der Waals surface area contributed by atoms with Crippen LogP contribution in [0, 0.1) is 0 Å². The third-order valence-corrected chi connectivity index (χ3v) is 5.27. The molecule has 162 valence electrons. The average Bonchev–Trinajstić information content (AvgIpc) is 2.76. The molecule has 30 heavy (non-hydrogen) atoms.